The number of nitrogens with one attached hydrogen (secondary N) is 4. The molecule has 0 unspecified atom stereocenters. The maximum Gasteiger partial charge on any atom is 0.186 e. The Hall–Kier alpha value is -2.98. The molecule has 152 valence electrons. The van der Waals surface area contributed by atoms with Crippen molar-refractivity contribution in [3.63, 3.8) is 0 Å². The van der Waals surface area contributed by atoms with E-state index in [1.54, 1.807) is 12.4 Å². The fourth-order valence-electron chi connectivity index (χ4n) is 2.11. The number of rotatable bonds is 8. The molecule has 29 heavy (non-hydrogen) atoms. The van der Waals surface area contributed by atoms with Gasteiger partial charge in [-0.2, -0.15) is 10.2 Å². The second-order valence-corrected chi connectivity index (χ2v) is 6.73. The molecule has 0 saturated heterocycles. The molecule has 0 bridgehead atoms. The fourth-order valence-corrected chi connectivity index (χ4v) is 2.40. The molecule has 0 saturated carbocycles. The molecule has 0 amide bonds. The number of hydrogen-bond acceptors (Lipinski definition) is 6. The van der Waals surface area contributed by atoms with Crippen molar-refractivity contribution in [1.82, 2.24) is 31.5 Å². The topological polar surface area (TPSA) is 98.6 Å². The second kappa shape index (κ2) is 12.5. The van der Waals surface area contributed by atoms with Gasteiger partial charge in [-0.15, -0.1) is 0 Å². The van der Waals surface area contributed by atoms with Crippen LogP contribution in [0.3, 0.4) is 0 Å². The zero-order valence-corrected chi connectivity index (χ0v) is 18.0. The number of pyridine rings is 2. The van der Waals surface area contributed by atoms with Crippen molar-refractivity contribution in [3.8, 4) is 0 Å². The standard InChI is InChI=1S/C19H24N8S2/c1-14(16-8-3-5-10-20-16)24-26-18(28)22-12-7-13-23-19(29)27-25-15(2)17-9-4-6-11-21-17/h3-6,8-11H,7,12-13H2,1-2H3,(H2,22,26,28)(H2,23,27,29)/b24-14+,25-15+. The highest BCUT2D eigenvalue weighted by molar-refractivity contribution is 7.80. The predicted molar refractivity (Wildman–Crippen MR) is 125 cm³/mol. The predicted octanol–water partition coefficient (Wildman–Crippen LogP) is 1.94. The maximum absolute atomic E-state index is 5.21. The van der Waals surface area contributed by atoms with E-state index in [1.807, 2.05) is 50.2 Å². The first-order valence-corrected chi connectivity index (χ1v) is 9.87. The van der Waals surface area contributed by atoms with Gasteiger partial charge in [0.2, 0.25) is 0 Å². The van der Waals surface area contributed by atoms with Crippen LogP contribution in [0.25, 0.3) is 0 Å². The van der Waals surface area contributed by atoms with Gasteiger partial charge in [-0.1, -0.05) is 12.1 Å². The molecule has 0 aliphatic rings. The Morgan fingerprint density at radius 2 is 1.24 bits per heavy atom. The zero-order chi connectivity index (χ0) is 20.9. The number of hydrogen-bond donors (Lipinski definition) is 4. The number of hydrazone groups is 2. The van der Waals surface area contributed by atoms with Crippen LogP contribution in [0.4, 0.5) is 0 Å². The quantitative estimate of drug-likeness (QED) is 0.219. The molecular weight excluding hydrogens is 404 g/mol. The summed E-state index contributed by atoms with van der Waals surface area (Å²) in [6.45, 7) is 5.09. The van der Waals surface area contributed by atoms with Gasteiger partial charge in [0.05, 0.1) is 22.8 Å². The Bertz CT molecular complexity index is 782. The molecule has 8 nitrogen and oxygen atoms in total. The van der Waals surface area contributed by atoms with Crippen LogP contribution in [0.15, 0.2) is 59.0 Å². The Kier molecular flexibility index (Phi) is 9.60. The molecule has 0 spiro atoms. The van der Waals surface area contributed by atoms with E-state index in [0.717, 1.165) is 29.2 Å². The average molecular weight is 429 g/mol. The van der Waals surface area contributed by atoms with E-state index in [4.69, 9.17) is 24.4 Å². The summed E-state index contributed by atoms with van der Waals surface area (Å²) in [5, 5.41) is 15.5. The third-order valence-electron chi connectivity index (χ3n) is 3.65. The van der Waals surface area contributed by atoms with Gasteiger partial charge in [-0.25, -0.2) is 0 Å². The molecule has 0 aliphatic carbocycles. The monoisotopic (exact) mass is 428 g/mol. The van der Waals surface area contributed by atoms with Crippen molar-refractivity contribution in [1.29, 1.82) is 0 Å². The summed E-state index contributed by atoms with van der Waals surface area (Å²) in [7, 11) is 0. The molecule has 0 fully saturated rings. The van der Waals surface area contributed by atoms with Crippen LogP contribution in [0.1, 0.15) is 31.7 Å². The molecule has 2 aromatic rings. The largest absolute Gasteiger partial charge is 0.361 e. The summed E-state index contributed by atoms with van der Waals surface area (Å²) in [5.41, 5.74) is 8.75. The van der Waals surface area contributed by atoms with Gasteiger partial charge in [0.25, 0.3) is 0 Å². The zero-order valence-electron chi connectivity index (χ0n) is 16.3. The van der Waals surface area contributed by atoms with Crippen LogP contribution in [0, 0.1) is 0 Å². The first-order valence-electron chi connectivity index (χ1n) is 9.05. The Labute approximate surface area is 181 Å². The van der Waals surface area contributed by atoms with Crippen molar-refractivity contribution < 1.29 is 0 Å². The lowest BCUT2D eigenvalue weighted by Crippen LogP contribution is -2.37. The van der Waals surface area contributed by atoms with Crippen LogP contribution in [0.2, 0.25) is 0 Å². The first kappa shape index (κ1) is 22.3. The summed E-state index contributed by atoms with van der Waals surface area (Å²) in [6.07, 6.45) is 4.26. The average Bonchev–Trinajstić information content (AvgIpc) is 2.76. The molecule has 0 aromatic carbocycles. The minimum Gasteiger partial charge on any atom is -0.361 e. The van der Waals surface area contributed by atoms with Crippen molar-refractivity contribution in [3.05, 3.63) is 60.2 Å². The summed E-state index contributed by atoms with van der Waals surface area (Å²) in [5.74, 6) is 0. The van der Waals surface area contributed by atoms with E-state index in [-0.39, 0.29) is 0 Å². The van der Waals surface area contributed by atoms with Crippen molar-refractivity contribution in [2.45, 2.75) is 20.3 Å². The van der Waals surface area contributed by atoms with Gasteiger partial charge in [-0.05, 0) is 69.0 Å². The number of aromatic nitrogens is 2. The third-order valence-corrected chi connectivity index (χ3v) is 4.12. The molecule has 0 radical (unpaired) electrons. The Morgan fingerprint density at radius 1 is 0.793 bits per heavy atom. The molecule has 2 rings (SSSR count). The molecule has 0 atom stereocenters. The summed E-state index contributed by atoms with van der Waals surface area (Å²) in [6, 6.07) is 11.3. The van der Waals surface area contributed by atoms with E-state index in [0.29, 0.717) is 23.3 Å². The molecule has 2 aromatic heterocycles. The highest BCUT2D eigenvalue weighted by atomic mass is 32.1. The van der Waals surface area contributed by atoms with Gasteiger partial charge in [0.1, 0.15) is 0 Å². The molecule has 0 aliphatic heterocycles. The minimum absolute atomic E-state index is 0.455. The van der Waals surface area contributed by atoms with Crippen LogP contribution < -0.4 is 21.5 Å². The van der Waals surface area contributed by atoms with Gasteiger partial charge in [-0.3, -0.25) is 20.8 Å². The van der Waals surface area contributed by atoms with Crippen molar-refractivity contribution in [2.75, 3.05) is 13.1 Å². The van der Waals surface area contributed by atoms with Gasteiger partial charge in [0.15, 0.2) is 10.2 Å². The van der Waals surface area contributed by atoms with Crippen LogP contribution in [0.5, 0.6) is 0 Å². The summed E-state index contributed by atoms with van der Waals surface area (Å²) >= 11 is 10.4. The van der Waals surface area contributed by atoms with Crippen molar-refractivity contribution >= 4 is 46.1 Å². The highest BCUT2D eigenvalue weighted by Gasteiger charge is 2.00. The molecule has 2 heterocycles. The minimum atomic E-state index is 0.455. The molecular formula is C19H24N8S2. The normalized spacial score (nSPS) is 11.5. The van der Waals surface area contributed by atoms with Crippen molar-refractivity contribution in [2.24, 2.45) is 10.2 Å². The van der Waals surface area contributed by atoms with Crippen LogP contribution >= 0.6 is 24.4 Å². The van der Waals surface area contributed by atoms with Gasteiger partial charge in [0, 0.05) is 25.5 Å². The fraction of sp³-hybridized carbons (Fsp3) is 0.263. The van der Waals surface area contributed by atoms with Crippen LogP contribution in [-0.4, -0.2) is 44.7 Å². The van der Waals surface area contributed by atoms with E-state index in [2.05, 4.69) is 41.7 Å². The SMILES string of the molecule is C/C(=N\NC(=S)NCCCNC(=S)N/N=C(\C)c1ccccn1)c1ccccn1. The highest BCUT2D eigenvalue weighted by Crippen LogP contribution is 1.96. The Morgan fingerprint density at radius 3 is 1.62 bits per heavy atom. The Balaban J connectivity index is 1.59. The van der Waals surface area contributed by atoms with Gasteiger partial charge >= 0.3 is 0 Å². The van der Waals surface area contributed by atoms with E-state index >= 15 is 0 Å². The number of thiocarbonyl (C=S) groups is 2. The first-order chi connectivity index (χ1) is 14.1. The second-order valence-electron chi connectivity index (χ2n) is 5.91. The number of nitrogens with zero attached hydrogens (tertiary/aromatic N) is 4. The van der Waals surface area contributed by atoms with E-state index in [1.165, 1.54) is 0 Å². The maximum atomic E-state index is 5.21. The third kappa shape index (κ3) is 8.71. The van der Waals surface area contributed by atoms with Crippen LogP contribution in [-0.2, 0) is 0 Å². The molecule has 10 heteroatoms. The lowest BCUT2D eigenvalue weighted by atomic mass is 10.3. The van der Waals surface area contributed by atoms with Gasteiger partial charge < -0.3 is 10.6 Å². The smallest absolute Gasteiger partial charge is 0.186 e. The van der Waals surface area contributed by atoms with E-state index in [9.17, 15) is 0 Å². The summed E-state index contributed by atoms with van der Waals surface area (Å²) in [4.78, 5) is 8.46. The lowest BCUT2D eigenvalue weighted by Gasteiger charge is -2.10. The van der Waals surface area contributed by atoms with E-state index < -0.39 is 0 Å². The lowest BCUT2D eigenvalue weighted by molar-refractivity contribution is 0.727. The summed E-state index contributed by atoms with van der Waals surface area (Å²) < 4.78 is 0. The molecule has 4 N–H and O–H groups in total.